The molecule has 1 aromatic rings. The summed E-state index contributed by atoms with van der Waals surface area (Å²) in [5.41, 5.74) is 6.12. The fraction of sp³-hybridized carbons (Fsp3) is 0.846. The molecule has 2 heterocycles. The number of rotatable bonds is 6. The van der Waals surface area contributed by atoms with Gasteiger partial charge in [-0.1, -0.05) is 19.0 Å². The first-order valence-corrected chi connectivity index (χ1v) is 7.10. The Hall–Kier alpha value is -0.980. The van der Waals surface area contributed by atoms with Gasteiger partial charge in [-0.05, 0) is 32.9 Å². The molecular weight excluding hydrogens is 244 g/mol. The zero-order valence-electron chi connectivity index (χ0n) is 12.0. The van der Waals surface area contributed by atoms with E-state index in [1.54, 1.807) is 0 Å². The van der Waals surface area contributed by atoms with Gasteiger partial charge in [0, 0.05) is 6.54 Å². The van der Waals surface area contributed by atoms with Crippen LogP contribution in [0.1, 0.15) is 57.5 Å². The van der Waals surface area contributed by atoms with Crippen LogP contribution in [0.25, 0.3) is 0 Å². The number of likely N-dealkylation sites (N-methyl/N-ethyl adjacent to an activating group) is 1. The molecule has 0 aromatic carbocycles. The average molecular weight is 268 g/mol. The SMILES string of the molecule is CCN(CC)CC(N)c1noc(C2CCC(C)O2)n1. The summed E-state index contributed by atoms with van der Waals surface area (Å²) in [6, 6.07) is -0.212. The summed E-state index contributed by atoms with van der Waals surface area (Å²) in [5, 5.41) is 3.99. The van der Waals surface area contributed by atoms with Gasteiger partial charge in [-0.3, -0.25) is 0 Å². The maximum absolute atomic E-state index is 6.12. The van der Waals surface area contributed by atoms with E-state index in [9.17, 15) is 0 Å². The van der Waals surface area contributed by atoms with E-state index in [0.29, 0.717) is 11.7 Å². The smallest absolute Gasteiger partial charge is 0.255 e. The molecule has 1 aromatic heterocycles. The van der Waals surface area contributed by atoms with Crippen molar-refractivity contribution in [2.75, 3.05) is 19.6 Å². The normalized spacial score (nSPS) is 25.1. The highest BCUT2D eigenvalue weighted by atomic mass is 16.5. The topological polar surface area (TPSA) is 77.4 Å². The summed E-state index contributed by atoms with van der Waals surface area (Å²) in [6.45, 7) is 8.98. The van der Waals surface area contributed by atoms with Crippen LogP contribution in [-0.2, 0) is 4.74 Å². The number of nitrogens with two attached hydrogens (primary N) is 1. The Labute approximate surface area is 114 Å². The molecule has 6 nitrogen and oxygen atoms in total. The highest BCUT2D eigenvalue weighted by molar-refractivity contribution is 4.97. The minimum atomic E-state index is -0.212. The van der Waals surface area contributed by atoms with E-state index in [-0.39, 0.29) is 18.2 Å². The Kier molecular flexibility index (Phi) is 4.90. The van der Waals surface area contributed by atoms with E-state index < -0.39 is 0 Å². The number of nitrogens with zero attached hydrogens (tertiary/aromatic N) is 3. The molecule has 0 spiro atoms. The highest BCUT2D eigenvalue weighted by Gasteiger charge is 2.29. The van der Waals surface area contributed by atoms with Crippen molar-refractivity contribution in [2.45, 2.75) is 51.9 Å². The van der Waals surface area contributed by atoms with Crippen molar-refractivity contribution in [2.24, 2.45) is 5.73 Å². The van der Waals surface area contributed by atoms with Gasteiger partial charge >= 0.3 is 0 Å². The minimum absolute atomic E-state index is 0.0584. The van der Waals surface area contributed by atoms with Gasteiger partial charge in [-0.2, -0.15) is 4.98 Å². The number of hydrogen-bond donors (Lipinski definition) is 1. The maximum atomic E-state index is 6.12. The number of ether oxygens (including phenoxy) is 1. The Morgan fingerprint density at radius 1 is 1.37 bits per heavy atom. The predicted molar refractivity (Wildman–Crippen MR) is 71.5 cm³/mol. The van der Waals surface area contributed by atoms with Crippen LogP contribution < -0.4 is 5.73 Å². The fourth-order valence-corrected chi connectivity index (χ4v) is 2.35. The number of aromatic nitrogens is 2. The third-order valence-corrected chi connectivity index (χ3v) is 3.65. The van der Waals surface area contributed by atoms with Crippen LogP contribution >= 0.6 is 0 Å². The third kappa shape index (κ3) is 3.52. The van der Waals surface area contributed by atoms with E-state index in [4.69, 9.17) is 15.0 Å². The molecular formula is C13H24N4O2. The maximum Gasteiger partial charge on any atom is 0.255 e. The Bertz CT molecular complexity index is 392. The van der Waals surface area contributed by atoms with E-state index in [1.807, 2.05) is 0 Å². The molecule has 0 aliphatic carbocycles. The molecule has 0 bridgehead atoms. The first kappa shape index (κ1) is 14.4. The summed E-state index contributed by atoms with van der Waals surface area (Å²) >= 11 is 0. The molecule has 3 atom stereocenters. The van der Waals surface area contributed by atoms with Gasteiger partial charge in [-0.25, -0.2) is 0 Å². The Balaban J connectivity index is 1.96. The second kappa shape index (κ2) is 6.45. The highest BCUT2D eigenvalue weighted by Crippen LogP contribution is 2.31. The zero-order valence-corrected chi connectivity index (χ0v) is 12.0. The lowest BCUT2D eigenvalue weighted by Crippen LogP contribution is -2.32. The minimum Gasteiger partial charge on any atom is -0.365 e. The molecule has 108 valence electrons. The summed E-state index contributed by atoms with van der Waals surface area (Å²) in [4.78, 5) is 6.64. The quantitative estimate of drug-likeness (QED) is 0.845. The van der Waals surface area contributed by atoms with Crippen LogP contribution in [0.15, 0.2) is 4.52 Å². The van der Waals surface area contributed by atoms with Crippen LogP contribution in [0.5, 0.6) is 0 Å². The van der Waals surface area contributed by atoms with Crippen LogP contribution in [0.4, 0.5) is 0 Å². The Morgan fingerprint density at radius 2 is 2.11 bits per heavy atom. The lowest BCUT2D eigenvalue weighted by atomic mass is 10.2. The van der Waals surface area contributed by atoms with Gasteiger partial charge in [0.05, 0.1) is 12.1 Å². The van der Waals surface area contributed by atoms with Crippen molar-refractivity contribution < 1.29 is 9.26 Å². The second-order valence-electron chi connectivity index (χ2n) is 5.10. The molecule has 2 N–H and O–H groups in total. The van der Waals surface area contributed by atoms with Crippen molar-refractivity contribution in [3.05, 3.63) is 11.7 Å². The van der Waals surface area contributed by atoms with Gasteiger partial charge in [0.1, 0.15) is 6.10 Å². The van der Waals surface area contributed by atoms with Crippen molar-refractivity contribution in [1.82, 2.24) is 15.0 Å². The summed E-state index contributed by atoms with van der Waals surface area (Å²) in [6.07, 6.45) is 2.18. The van der Waals surface area contributed by atoms with Crippen molar-refractivity contribution in [1.29, 1.82) is 0 Å². The van der Waals surface area contributed by atoms with Gasteiger partial charge in [0.15, 0.2) is 5.82 Å². The molecule has 19 heavy (non-hydrogen) atoms. The van der Waals surface area contributed by atoms with Gasteiger partial charge in [0.2, 0.25) is 0 Å². The van der Waals surface area contributed by atoms with E-state index >= 15 is 0 Å². The summed E-state index contributed by atoms with van der Waals surface area (Å²) < 4.78 is 11.0. The van der Waals surface area contributed by atoms with Crippen molar-refractivity contribution >= 4 is 0 Å². The zero-order chi connectivity index (χ0) is 13.8. The van der Waals surface area contributed by atoms with Crippen LogP contribution in [0.3, 0.4) is 0 Å². The van der Waals surface area contributed by atoms with Gasteiger partial charge < -0.3 is 19.9 Å². The third-order valence-electron chi connectivity index (χ3n) is 3.65. The standard InChI is InChI=1S/C13H24N4O2/c1-4-17(5-2)8-10(14)12-15-13(19-16-12)11-7-6-9(3)18-11/h9-11H,4-8,14H2,1-3H3. The van der Waals surface area contributed by atoms with Crippen molar-refractivity contribution in [3.8, 4) is 0 Å². The summed E-state index contributed by atoms with van der Waals surface area (Å²) in [7, 11) is 0. The van der Waals surface area contributed by atoms with Crippen LogP contribution in [0.2, 0.25) is 0 Å². The molecule has 0 saturated carbocycles. The predicted octanol–water partition coefficient (Wildman–Crippen LogP) is 1.65. The molecule has 1 saturated heterocycles. The van der Waals surface area contributed by atoms with Crippen LogP contribution in [-0.4, -0.2) is 40.8 Å². The second-order valence-corrected chi connectivity index (χ2v) is 5.10. The van der Waals surface area contributed by atoms with E-state index in [1.165, 1.54) is 0 Å². The molecule has 6 heteroatoms. The molecule has 3 unspecified atom stereocenters. The molecule has 0 radical (unpaired) electrons. The molecule has 1 aliphatic heterocycles. The molecule has 1 fully saturated rings. The number of hydrogen-bond acceptors (Lipinski definition) is 6. The van der Waals surface area contributed by atoms with E-state index in [0.717, 1.165) is 32.5 Å². The average Bonchev–Trinajstić information content (AvgIpc) is 3.04. The summed E-state index contributed by atoms with van der Waals surface area (Å²) in [5.74, 6) is 1.14. The molecule has 2 rings (SSSR count). The lowest BCUT2D eigenvalue weighted by Gasteiger charge is -2.20. The fourth-order valence-electron chi connectivity index (χ4n) is 2.35. The largest absolute Gasteiger partial charge is 0.365 e. The lowest BCUT2D eigenvalue weighted by molar-refractivity contribution is 0.0355. The molecule has 1 aliphatic rings. The monoisotopic (exact) mass is 268 g/mol. The first-order chi connectivity index (χ1) is 9.13. The first-order valence-electron chi connectivity index (χ1n) is 7.10. The van der Waals surface area contributed by atoms with Crippen molar-refractivity contribution in [3.63, 3.8) is 0 Å². The molecule has 0 amide bonds. The van der Waals surface area contributed by atoms with E-state index in [2.05, 4.69) is 35.8 Å². The Morgan fingerprint density at radius 3 is 2.68 bits per heavy atom. The van der Waals surface area contributed by atoms with Gasteiger partial charge in [-0.15, -0.1) is 0 Å². The van der Waals surface area contributed by atoms with Crippen LogP contribution in [0, 0.1) is 0 Å². The van der Waals surface area contributed by atoms with Gasteiger partial charge in [0.25, 0.3) is 5.89 Å².